The molecular weight excluding hydrogens is 300 g/mol. The van der Waals surface area contributed by atoms with E-state index in [0.29, 0.717) is 23.1 Å². The summed E-state index contributed by atoms with van der Waals surface area (Å²) in [7, 11) is 0. The van der Waals surface area contributed by atoms with E-state index >= 15 is 0 Å². The summed E-state index contributed by atoms with van der Waals surface area (Å²) in [5, 5.41) is 23.9. The first-order valence-electron chi connectivity index (χ1n) is 5.86. The van der Waals surface area contributed by atoms with Crippen LogP contribution in [-0.2, 0) is 6.54 Å². The molecule has 6 heteroatoms. The minimum atomic E-state index is -0.607. The van der Waals surface area contributed by atoms with E-state index in [-0.39, 0.29) is 10.6 Å². The van der Waals surface area contributed by atoms with Crippen LogP contribution in [0.2, 0.25) is 0 Å². The van der Waals surface area contributed by atoms with Crippen LogP contribution < -0.4 is 5.32 Å². The van der Waals surface area contributed by atoms with Crippen molar-refractivity contribution in [1.82, 2.24) is 5.32 Å². The first-order valence-corrected chi connectivity index (χ1v) is 6.65. The van der Waals surface area contributed by atoms with Gasteiger partial charge in [0.25, 0.3) is 5.69 Å². The van der Waals surface area contributed by atoms with E-state index in [1.54, 1.807) is 12.1 Å². The molecule has 18 heavy (non-hydrogen) atoms. The van der Waals surface area contributed by atoms with Crippen LogP contribution in [0.4, 0.5) is 5.69 Å². The summed E-state index contributed by atoms with van der Waals surface area (Å²) >= 11 is 3.22. The normalized spacial score (nSPS) is 17.2. The van der Waals surface area contributed by atoms with Gasteiger partial charge in [-0.05, 0) is 31.4 Å². The molecule has 0 atom stereocenters. The number of hydrogen-bond acceptors (Lipinski definition) is 4. The minimum Gasteiger partial charge on any atom is -0.389 e. The molecule has 0 spiro atoms. The molecule has 0 heterocycles. The van der Waals surface area contributed by atoms with Gasteiger partial charge in [-0.25, -0.2) is 0 Å². The lowest BCUT2D eigenvalue weighted by molar-refractivity contribution is -0.385. The van der Waals surface area contributed by atoms with Crippen LogP contribution in [0, 0.1) is 10.1 Å². The van der Waals surface area contributed by atoms with E-state index in [1.165, 1.54) is 6.07 Å². The van der Waals surface area contributed by atoms with Gasteiger partial charge in [0.05, 0.1) is 10.5 Å². The van der Waals surface area contributed by atoms with E-state index in [9.17, 15) is 15.2 Å². The molecule has 5 nitrogen and oxygen atoms in total. The molecule has 2 N–H and O–H groups in total. The molecule has 1 aliphatic rings. The molecule has 0 aromatic heterocycles. The van der Waals surface area contributed by atoms with Crippen LogP contribution in [0.3, 0.4) is 0 Å². The summed E-state index contributed by atoms with van der Waals surface area (Å²) in [6, 6.07) is 5.00. The second-order valence-corrected chi connectivity index (χ2v) is 5.63. The fraction of sp³-hybridized carbons (Fsp3) is 0.500. The lowest BCUT2D eigenvalue weighted by Gasteiger charge is -2.36. The topological polar surface area (TPSA) is 75.4 Å². The number of benzene rings is 1. The number of nitro groups is 1. The molecule has 0 aliphatic heterocycles. The second kappa shape index (κ2) is 5.34. The van der Waals surface area contributed by atoms with Gasteiger partial charge in [0.2, 0.25) is 0 Å². The van der Waals surface area contributed by atoms with Crippen LogP contribution in [0.15, 0.2) is 22.7 Å². The average Bonchev–Trinajstić information content (AvgIpc) is 2.28. The van der Waals surface area contributed by atoms with Gasteiger partial charge in [-0.1, -0.05) is 15.9 Å². The van der Waals surface area contributed by atoms with Crippen molar-refractivity contribution < 1.29 is 10.0 Å². The summed E-state index contributed by atoms with van der Waals surface area (Å²) < 4.78 is 0.690. The van der Waals surface area contributed by atoms with Gasteiger partial charge < -0.3 is 10.4 Å². The van der Waals surface area contributed by atoms with Crippen molar-refractivity contribution in [3.8, 4) is 0 Å². The molecule has 1 saturated carbocycles. The highest BCUT2D eigenvalue weighted by Crippen LogP contribution is 2.31. The van der Waals surface area contributed by atoms with E-state index in [2.05, 4.69) is 21.2 Å². The zero-order valence-electron chi connectivity index (χ0n) is 9.86. The van der Waals surface area contributed by atoms with Crippen LogP contribution in [0.1, 0.15) is 24.8 Å². The number of nitro benzene ring substituents is 1. The molecule has 98 valence electrons. The molecule has 1 fully saturated rings. The monoisotopic (exact) mass is 314 g/mol. The van der Waals surface area contributed by atoms with Gasteiger partial charge in [-0.2, -0.15) is 0 Å². The number of nitrogens with zero attached hydrogens (tertiary/aromatic N) is 1. The molecule has 0 saturated heterocycles. The first kappa shape index (κ1) is 13.5. The fourth-order valence-electron chi connectivity index (χ4n) is 2.05. The van der Waals surface area contributed by atoms with Gasteiger partial charge in [0.15, 0.2) is 0 Å². The third kappa shape index (κ3) is 3.07. The van der Waals surface area contributed by atoms with Crippen molar-refractivity contribution in [3.63, 3.8) is 0 Å². The summed E-state index contributed by atoms with van der Waals surface area (Å²) in [5.41, 5.74) is 0.119. The Balaban J connectivity index is 1.98. The summed E-state index contributed by atoms with van der Waals surface area (Å²) in [6.07, 6.45) is 2.67. The number of aliphatic hydroxyl groups is 1. The number of rotatable bonds is 5. The Kier molecular flexibility index (Phi) is 3.99. The summed E-state index contributed by atoms with van der Waals surface area (Å²) in [4.78, 5) is 10.5. The van der Waals surface area contributed by atoms with Gasteiger partial charge in [-0.15, -0.1) is 0 Å². The Morgan fingerprint density at radius 2 is 2.22 bits per heavy atom. The largest absolute Gasteiger partial charge is 0.389 e. The number of hydrogen-bond donors (Lipinski definition) is 2. The van der Waals surface area contributed by atoms with Gasteiger partial charge in [-0.3, -0.25) is 10.1 Å². The maximum atomic E-state index is 10.9. The van der Waals surface area contributed by atoms with Crippen molar-refractivity contribution in [3.05, 3.63) is 38.3 Å². The zero-order valence-corrected chi connectivity index (χ0v) is 11.4. The molecule has 0 amide bonds. The fourth-order valence-corrected chi connectivity index (χ4v) is 2.40. The molecule has 0 unspecified atom stereocenters. The van der Waals surface area contributed by atoms with Crippen molar-refractivity contribution in [2.75, 3.05) is 6.54 Å². The quantitative estimate of drug-likeness (QED) is 0.646. The standard InChI is InChI=1S/C12H15BrN2O3/c13-10-3-2-9(11(6-10)15(17)18)7-14-8-12(16)4-1-5-12/h2-3,6,14,16H,1,4-5,7-8H2. The molecular formula is C12H15BrN2O3. The minimum absolute atomic E-state index is 0.0949. The summed E-state index contributed by atoms with van der Waals surface area (Å²) in [6.45, 7) is 0.881. The molecule has 1 aromatic carbocycles. The lowest BCUT2D eigenvalue weighted by atomic mass is 9.80. The van der Waals surface area contributed by atoms with Crippen molar-refractivity contribution in [2.24, 2.45) is 0 Å². The highest BCUT2D eigenvalue weighted by atomic mass is 79.9. The van der Waals surface area contributed by atoms with Crippen LogP contribution in [-0.4, -0.2) is 22.2 Å². The Morgan fingerprint density at radius 1 is 1.50 bits per heavy atom. The maximum absolute atomic E-state index is 10.9. The van der Waals surface area contributed by atoms with Crippen molar-refractivity contribution in [1.29, 1.82) is 0 Å². The number of nitrogens with one attached hydrogen (secondary N) is 1. The Morgan fingerprint density at radius 3 is 2.78 bits per heavy atom. The second-order valence-electron chi connectivity index (χ2n) is 4.71. The van der Waals surface area contributed by atoms with Gasteiger partial charge in [0, 0.05) is 29.2 Å². The molecule has 1 aromatic rings. The zero-order chi connectivity index (χ0) is 13.2. The van der Waals surface area contributed by atoms with E-state index < -0.39 is 5.60 Å². The van der Waals surface area contributed by atoms with Gasteiger partial charge >= 0.3 is 0 Å². The average molecular weight is 315 g/mol. The smallest absolute Gasteiger partial charge is 0.275 e. The predicted octanol–water partition coefficient (Wildman–Crippen LogP) is 2.36. The SMILES string of the molecule is O=[N+]([O-])c1cc(Br)ccc1CNCC1(O)CCC1. The molecule has 2 rings (SSSR count). The predicted molar refractivity (Wildman–Crippen MR) is 71.3 cm³/mol. The van der Waals surface area contributed by atoms with Crippen LogP contribution >= 0.6 is 15.9 Å². The Labute approximate surface area is 113 Å². The highest BCUT2D eigenvalue weighted by molar-refractivity contribution is 9.10. The Bertz CT molecular complexity index is 461. The van der Waals surface area contributed by atoms with Crippen molar-refractivity contribution in [2.45, 2.75) is 31.4 Å². The van der Waals surface area contributed by atoms with Crippen molar-refractivity contribution >= 4 is 21.6 Å². The Hall–Kier alpha value is -0.980. The molecule has 0 bridgehead atoms. The van der Waals surface area contributed by atoms with Gasteiger partial charge in [0.1, 0.15) is 0 Å². The molecule has 1 aliphatic carbocycles. The lowest BCUT2D eigenvalue weighted by Crippen LogP contribution is -2.46. The highest BCUT2D eigenvalue weighted by Gasteiger charge is 2.33. The molecule has 0 radical (unpaired) electrons. The van der Waals surface area contributed by atoms with E-state index in [0.717, 1.165) is 19.3 Å². The summed E-state index contributed by atoms with van der Waals surface area (Å²) in [5.74, 6) is 0. The number of halogens is 1. The van der Waals surface area contributed by atoms with Crippen LogP contribution in [0.5, 0.6) is 0 Å². The van der Waals surface area contributed by atoms with E-state index in [1.807, 2.05) is 0 Å². The third-order valence-corrected chi connectivity index (χ3v) is 3.79. The third-order valence-electron chi connectivity index (χ3n) is 3.30. The van der Waals surface area contributed by atoms with E-state index in [4.69, 9.17) is 0 Å². The first-order chi connectivity index (χ1) is 8.50. The maximum Gasteiger partial charge on any atom is 0.275 e. The van der Waals surface area contributed by atoms with Crippen LogP contribution in [0.25, 0.3) is 0 Å².